The molecule has 15 heavy (non-hydrogen) atoms. The molecule has 1 unspecified atom stereocenters. The zero-order valence-electron chi connectivity index (χ0n) is 7.72. The molecule has 0 saturated carbocycles. The smallest absolute Gasteiger partial charge is 0.139 e. The van der Waals surface area contributed by atoms with Gasteiger partial charge in [-0.05, 0) is 12.1 Å². The number of aromatic nitrogens is 1. The molecule has 0 spiro atoms. The van der Waals surface area contributed by atoms with Crippen LogP contribution >= 0.6 is 0 Å². The lowest BCUT2D eigenvalue weighted by atomic mass is 10.3. The summed E-state index contributed by atoms with van der Waals surface area (Å²) in [5, 5.41) is 3.49. The van der Waals surface area contributed by atoms with Crippen molar-refractivity contribution in [1.29, 1.82) is 0 Å². The van der Waals surface area contributed by atoms with Gasteiger partial charge in [0.2, 0.25) is 0 Å². The van der Waals surface area contributed by atoms with Gasteiger partial charge in [-0.15, -0.1) is 0 Å². The van der Waals surface area contributed by atoms with E-state index >= 15 is 0 Å². The normalized spacial score (nSPS) is 12.6. The van der Waals surface area contributed by atoms with Crippen molar-refractivity contribution in [3.05, 3.63) is 48.1 Å². The topological polar surface area (TPSA) is 43.1 Å². The van der Waals surface area contributed by atoms with Gasteiger partial charge >= 0.3 is 0 Å². The Morgan fingerprint density at radius 1 is 1.40 bits per heavy atom. The third kappa shape index (κ3) is 2.30. The van der Waals surface area contributed by atoms with Crippen molar-refractivity contribution in [3.8, 4) is 0 Å². The van der Waals surface area contributed by atoms with E-state index in [1.54, 1.807) is 12.1 Å². The van der Waals surface area contributed by atoms with Crippen molar-refractivity contribution < 1.29 is 13.1 Å². The van der Waals surface area contributed by atoms with Crippen LogP contribution in [0.15, 0.2) is 46.1 Å². The zero-order valence-corrected chi connectivity index (χ0v) is 8.54. The van der Waals surface area contributed by atoms with Gasteiger partial charge in [0.05, 0.1) is 27.6 Å². The van der Waals surface area contributed by atoms with Crippen LogP contribution in [0.5, 0.6) is 0 Å². The number of rotatable bonds is 3. The predicted molar refractivity (Wildman–Crippen MR) is 53.0 cm³/mol. The number of benzene rings is 1. The van der Waals surface area contributed by atoms with E-state index in [9.17, 15) is 8.60 Å². The van der Waals surface area contributed by atoms with Crippen LogP contribution in [0.2, 0.25) is 0 Å². The van der Waals surface area contributed by atoms with Crippen LogP contribution in [-0.2, 0) is 16.6 Å². The summed E-state index contributed by atoms with van der Waals surface area (Å²) in [6.45, 7) is 0. The Morgan fingerprint density at radius 2 is 2.20 bits per heavy atom. The van der Waals surface area contributed by atoms with Crippen LogP contribution in [0.4, 0.5) is 4.39 Å². The molecule has 0 aliphatic carbocycles. The van der Waals surface area contributed by atoms with Crippen LogP contribution in [0, 0.1) is 5.82 Å². The second-order valence-electron chi connectivity index (χ2n) is 2.95. The number of hydrogen-bond acceptors (Lipinski definition) is 3. The summed E-state index contributed by atoms with van der Waals surface area (Å²) in [5.41, 5.74) is 0.691. The summed E-state index contributed by atoms with van der Waals surface area (Å²) in [4.78, 5) is 0.207. The average Bonchev–Trinajstić information content (AvgIpc) is 2.71. The summed E-state index contributed by atoms with van der Waals surface area (Å²) >= 11 is 0. The number of hydrogen-bond donors (Lipinski definition) is 0. The van der Waals surface area contributed by atoms with Crippen molar-refractivity contribution in [2.75, 3.05) is 0 Å². The standard InChI is InChI=1S/C10H8FNO2S/c11-9-3-1-2-4-10(9)15(13)7-8-5-12-14-6-8/h1-6H,7H2. The fraction of sp³-hybridized carbons (Fsp3) is 0.100. The Balaban J connectivity index is 2.19. The van der Waals surface area contributed by atoms with E-state index in [1.807, 2.05) is 0 Å². The number of nitrogens with zero attached hydrogens (tertiary/aromatic N) is 1. The fourth-order valence-corrected chi connectivity index (χ4v) is 2.27. The highest BCUT2D eigenvalue weighted by molar-refractivity contribution is 7.84. The summed E-state index contributed by atoms with van der Waals surface area (Å²) in [6.07, 6.45) is 2.87. The van der Waals surface area contributed by atoms with E-state index in [0.29, 0.717) is 5.56 Å². The minimum Gasteiger partial charge on any atom is -0.364 e. The van der Waals surface area contributed by atoms with Gasteiger partial charge in [-0.2, -0.15) is 0 Å². The van der Waals surface area contributed by atoms with Gasteiger partial charge < -0.3 is 4.52 Å². The lowest BCUT2D eigenvalue weighted by Crippen LogP contribution is -1.98. The minimum absolute atomic E-state index is 0.207. The van der Waals surface area contributed by atoms with E-state index in [1.165, 1.54) is 24.6 Å². The molecule has 0 fully saturated rings. The maximum Gasteiger partial charge on any atom is 0.139 e. The minimum atomic E-state index is -1.40. The Labute approximate surface area is 88.4 Å². The van der Waals surface area contributed by atoms with Gasteiger partial charge in [-0.1, -0.05) is 17.3 Å². The number of halogens is 1. The Morgan fingerprint density at radius 3 is 2.87 bits per heavy atom. The first-order chi connectivity index (χ1) is 7.27. The molecule has 1 heterocycles. The largest absolute Gasteiger partial charge is 0.364 e. The van der Waals surface area contributed by atoms with Gasteiger partial charge in [-0.3, -0.25) is 4.21 Å². The molecular weight excluding hydrogens is 217 g/mol. The summed E-state index contributed by atoms with van der Waals surface area (Å²) in [7, 11) is -1.40. The van der Waals surface area contributed by atoms with Gasteiger partial charge in [0, 0.05) is 5.56 Å². The molecule has 0 bridgehead atoms. The van der Waals surface area contributed by atoms with Crippen molar-refractivity contribution >= 4 is 10.8 Å². The molecule has 1 atom stereocenters. The quantitative estimate of drug-likeness (QED) is 0.803. The molecule has 0 aliphatic rings. The summed E-state index contributed by atoms with van der Waals surface area (Å²) in [6, 6.07) is 6.03. The zero-order chi connectivity index (χ0) is 10.7. The maximum atomic E-state index is 13.2. The van der Waals surface area contributed by atoms with E-state index in [2.05, 4.69) is 9.68 Å². The van der Waals surface area contributed by atoms with E-state index < -0.39 is 16.6 Å². The molecule has 2 rings (SSSR count). The SMILES string of the molecule is O=S(Cc1cnoc1)c1ccccc1F. The Hall–Kier alpha value is -1.49. The van der Waals surface area contributed by atoms with E-state index in [4.69, 9.17) is 0 Å². The summed E-state index contributed by atoms with van der Waals surface area (Å²) < 4.78 is 29.6. The molecule has 0 N–H and O–H groups in total. The molecule has 1 aromatic heterocycles. The van der Waals surface area contributed by atoms with Gasteiger partial charge in [0.1, 0.15) is 12.1 Å². The highest BCUT2D eigenvalue weighted by Gasteiger charge is 2.10. The first-order valence-electron chi connectivity index (χ1n) is 4.28. The van der Waals surface area contributed by atoms with E-state index in [0.717, 1.165) is 0 Å². The van der Waals surface area contributed by atoms with Crippen molar-refractivity contribution in [2.45, 2.75) is 10.6 Å². The van der Waals surface area contributed by atoms with Gasteiger partial charge in [-0.25, -0.2) is 4.39 Å². The molecule has 0 aliphatic heterocycles. The molecule has 5 heteroatoms. The lowest BCUT2D eigenvalue weighted by molar-refractivity contribution is 0.419. The van der Waals surface area contributed by atoms with Gasteiger partial charge in [0.15, 0.2) is 0 Å². The molecule has 0 radical (unpaired) electrons. The fourth-order valence-electron chi connectivity index (χ4n) is 1.16. The van der Waals surface area contributed by atoms with Crippen molar-refractivity contribution in [1.82, 2.24) is 5.16 Å². The van der Waals surface area contributed by atoms with Gasteiger partial charge in [0.25, 0.3) is 0 Å². The molecule has 2 aromatic rings. The summed E-state index contributed by atoms with van der Waals surface area (Å²) in [5.74, 6) is -0.239. The molecule has 0 saturated heterocycles. The highest BCUT2D eigenvalue weighted by atomic mass is 32.2. The van der Waals surface area contributed by atoms with Crippen LogP contribution in [0.25, 0.3) is 0 Å². The van der Waals surface area contributed by atoms with Crippen LogP contribution < -0.4 is 0 Å². The Bertz CT molecular complexity index is 470. The highest BCUT2D eigenvalue weighted by Crippen LogP contribution is 2.15. The third-order valence-corrected chi connectivity index (χ3v) is 3.28. The molecular formula is C10H8FNO2S. The first kappa shape index (κ1) is 10.0. The first-order valence-corrected chi connectivity index (χ1v) is 5.60. The molecule has 1 aromatic carbocycles. The molecule has 3 nitrogen and oxygen atoms in total. The maximum absolute atomic E-state index is 13.2. The monoisotopic (exact) mass is 225 g/mol. The van der Waals surface area contributed by atoms with Crippen LogP contribution in [0.1, 0.15) is 5.56 Å². The average molecular weight is 225 g/mol. The van der Waals surface area contributed by atoms with Crippen molar-refractivity contribution in [2.24, 2.45) is 0 Å². The molecule has 78 valence electrons. The predicted octanol–water partition coefficient (Wildman–Crippen LogP) is 2.12. The lowest BCUT2D eigenvalue weighted by Gasteiger charge is -2.00. The van der Waals surface area contributed by atoms with Crippen LogP contribution in [-0.4, -0.2) is 9.37 Å². The Kier molecular flexibility index (Phi) is 2.91. The third-order valence-electron chi connectivity index (χ3n) is 1.86. The van der Waals surface area contributed by atoms with Crippen LogP contribution in [0.3, 0.4) is 0 Å². The molecule has 0 amide bonds. The van der Waals surface area contributed by atoms with Crippen molar-refractivity contribution in [3.63, 3.8) is 0 Å². The second-order valence-corrected chi connectivity index (χ2v) is 4.37. The second kappa shape index (κ2) is 4.35. The van der Waals surface area contributed by atoms with E-state index in [-0.39, 0.29) is 10.6 Å².